The second-order valence-corrected chi connectivity index (χ2v) is 5.36. The van der Waals surface area contributed by atoms with Gasteiger partial charge in [-0.15, -0.1) is 0 Å². The number of amides is 1. The Bertz CT molecular complexity index is 740. The maximum atomic E-state index is 11.9. The summed E-state index contributed by atoms with van der Waals surface area (Å²) in [5, 5.41) is 13.5. The van der Waals surface area contributed by atoms with E-state index in [9.17, 15) is 14.9 Å². The molecule has 1 amide bonds. The Kier molecular flexibility index (Phi) is 6.53. The normalized spacial score (nSPS) is 10.5. The Morgan fingerprint density at radius 1 is 1.32 bits per heavy atom. The fourth-order valence-electron chi connectivity index (χ4n) is 2.16. The highest BCUT2D eigenvalue weighted by atomic mass is 16.6. The third-order valence-corrected chi connectivity index (χ3v) is 3.44. The van der Waals surface area contributed by atoms with Gasteiger partial charge in [-0.05, 0) is 37.6 Å². The molecular formula is C17H20N2O6. The monoisotopic (exact) mass is 348 g/mol. The van der Waals surface area contributed by atoms with Crippen molar-refractivity contribution in [2.45, 2.75) is 20.0 Å². The molecule has 0 spiro atoms. The van der Waals surface area contributed by atoms with E-state index in [1.54, 1.807) is 32.2 Å². The van der Waals surface area contributed by atoms with Gasteiger partial charge in [0.2, 0.25) is 0 Å². The number of carbonyl (C=O) groups is 1. The Balaban J connectivity index is 1.88. The lowest BCUT2D eigenvalue weighted by Gasteiger charge is -2.05. The summed E-state index contributed by atoms with van der Waals surface area (Å²) in [5.41, 5.74) is 0.552. The van der Waals surface area contributed by atoms with E-state index in [4.69, 9.17) is 13.9 Å². The number of nitro groups is 1. The number of hydrogen-bond donors (Lipinski definition) is 1. The van der Waals surface area contributed by atoms with Crippen molar-refractivity contribution in [3.63, 3.8) is 0 Å². The number of furan rings is 1. The summed E-state index contributed by atoms with van der Waals surface area (Å²) in [7, 11) is 1.60. The minimum absolute atomic E-state index is 0.0396. The first-order valence-electron chi connectivity index (χ1n) is 7.75. The maximum Gasteiger partial charge on any atom is 0.286 e. The number of carbonyl (C=O) groups excluding carboxylic acids is 1. The number of nitro benzene ring substituents is 1. The van der Waals surface area contributed by atoms with Crippen LogP contribution in [-0.4, -0.2) is 31.1 Å². The number of nitrogens with one attached hydrogen (secondary N) is 1. The van der Waals surface area contributed by atoms with Gasteiger partial charge in [-0.2, -0.15) is 0 Å². The lowest BCUT2D eigenvalue weighted by atomic mass is 10.2. The third-order valence-electron chi connectivity index (χ3n) is 3.44. The highest BCUT2D eigenvalue weighted by Gasteiger charge is 2.13. The summed E-state index contributed by atoms with van der Waals surface area (Å²) in [6.45, 7) is 2.84. The predicted molar refractivity (Wildman–Crippen MR) is 89.7 cm³/mol. The van der Waals surface area contributed by atoms with Gasteiger partial charge in [-0.1, -0.05) is 0 Å². The molecule has 0 bridgehead atoms. The van der Waals surface area contributed by atoms with Crippen molar-refractivity contribution in [2.75, 3.05) is 20.3 Å². The predicted octanol–water partition coefficient (Wildman–Crippen LogP) is 2.84. The zero-order valence-corrected chi connectivity index (χ0v) is 14.1. The fraction of sp³-hybridized carbons (Fsp3) is 0.353. The van der Waals surface area contributed by atoms with E-state index in [0.717, 1.165) is 6.42 Å². The number of ether oxygens (including phenoxy) is 2. The van der Waals surface area contributed by atoms with Crippen molar-refractivity contribution in [3.05, 3.63) is 57.5 Å². The smallest absolute Gasteiger partial charge is 0.286 e. The van der Waals surface area contributed by atoms with Crippen LogP contribution in [0.5, 0.6) is 5.75 Å². The quantitative estimate of drug-likeness (QED) is 0.424. The first-order valence-corrected chi connectivity index (χ1v) is 7.75. The minimum Gasteiger partial charge on any atom is -0.486 e. The molecule has 134 valence electrons. The van der Waals surface area contributed by atoms with Crippen LogP contribution in [0.25, 0.3) is 0 Å². The lowest BCUT2D eigenvalue weighted by molar-refractivity contribution is -0.385. The van der Waals surface area contributed by atoms with Crippen molar-refractivity contribution >= 4 is 11.6 Å². The first kappa shape index (κ1) is 18.5. The van der Waals surface area contributed by atoms with Crippen molar-refractivity contribution in [1.29, 1.82) is 0 Å². The van der Waals surface area contributed by atoms with Crippen LogP contribution in [0, 0.1) is 17.0 Å². The summed E-state index contributed by atoms with van der Waals surface area (Å²) in [6.07, 6.45) is 0.721. The van der Waals surface area contributed by atoms with Crippen LogP contribution >= 0.6 is 0 Å². The van der Waals surface area contributed by atoms with Gasteiger partial charge in [0.25, 0.3) is 11.6 Å². The van der Waals surface area contributed by atoms with Crippen molar-refractivity contribution < 1.29 is 23.6 Å². The second kappa shape index (κ2) is 8.84. The van der Waals surface area contributed by atoms with Crippen LogP contribution in [0.1, 0.15) is 28.3 Å². The van der Waals surface area contributed by atoms with Crippen molar-refractivity contribution in [3.8, 4) is 5.75 Å². The van der Waals surface area contributed by atoms with E-state index in [1.807, 2.05) is 0 Å². The van der Waals surface area contributed by atoms with Gasteiger partial charge >= 0.3 is 0 Å². The van der Waals surface area contributed by atoms with Crippen LogP contribution in [0.3, 0.4) is 0 Å². The zero-order chi connectivity index (χ0) is 18.2. The highest BCUT2D eigenvalue weighted by Crippen LogP contribution is 2.23. The molecule has 0 unspecified atom stereocenters. The SMILES string of the molecule is COCCCNC(=O)c1ccc(COc2ccc([N+](=O)[O-])c(C)c2)o1. The summed E-state index contributed by atoms with van der Waals surface area (Å²) < 4.78 is 15.9. The van der Waals surface area contributed by atoms with E-state index in [-0.39, 0.29) is 24.0 Å². The number of benzene rings is 1. The van der Waals surface area contributed by atoms with Crippen molar-refractivity contribution in [2.24, 2.45) is 0 Å². The van der Waals surface area contributed by atoms with E-state index in [2.05, 4.69) is 5.32 Å². The van der Waals surface area contributed by atoms with E-state index >= 15 is 0 Å². The molecule has 0 atom stereocenters. The average Bonchev–Trinajstić information content (AvgIpc) is 3.05. The molecule has 0 aliphatic carbocycles. The largest absolute Gasteiger partial charge is 0.486 e. The molecule has 0 saturated heterocycles. The van der Waals surface area contributed by atoms with E-state index < -0.39 is 4.92 Å². The molecule has 0 aliphatic rings. The molecule has 1 N–H and O–H groups in total. The summed E-state index contributed by atoms with van der Waals surface area (Å²) in [5.74, 6) is 0.882. The zero-order valence-electron chi connectivity index (χ0n) is 14.1. The van der Waals surface area contributed by atoms with Crippen LogP contribution in [0.15, 0.2) is 34.7 Å². The Morgan fingerprint density at radius 3 is 2.80 bits per heavy atom. The third kappa shape index (κ3) is 5.32. The molecule has 0 fully saturated rings. The number of rotatable bonds is 9. The molecule has 8 heteroatoms. The molecule has 0 aliphatic heterocycles. The molecule has 25 heavy (non-hydrogen) atoms. The Labute approximate surface area is 144 Å². The minimum atomic E-state index is -0.441. The van der Waals surface area contributed by atoms with Gasteiger partial charge in [0.05, 0.1) is 4.92 Å². The topological polar surface area (TPSA) is 104 Å². The van der Waals surface area contributed by atoms with Crippen LogP contribution < -0.4 is 10.1 Å². The summed E-state index contributed by atoms with van der Waals surface area (Å²) in [6, 6.07) is 7.74. The van der Waals surface area contributed by atoms with Gasteiger partial charge in [0.1, 0.15) is 18.1 Å². The van der Waals surface area contributed by atoms with Gasteiger partial charge in [0, 0.05) is 31.9 Å². The highest BCUT2D eigenvalue weighted by molar-refractivity contribution is 5.91. The van der Waals surface area contributed by atoms with E-state index in [0.29, 0.717) is 30.2 Å². The molecule has 2 rings (SSSR count). The van der Waals surface area contributed by atoms with Crippen molar-refractivity contribution in [1.82, 2.24) is 5.32 Å². The number of hydrogen-bond acceptors (Lipinski definition) is 6. The average molecular weight is 348 g/mol. The summed E-state index contributed by atoms with van der Waals surface area (Å²) >= 11 is 0. The maximum absolute atomic E-state index is 11.9. The molecule has 2 aromatic rings. The first-order chi connectivity index (χ1) is 12.0. The molecule has 1 aromatic heterocycles. The van der Waals surface area contributed by atoms with Gasteiger partial charge in [-0.25, -0.2) is 0 Å². The van der Waals surface area contributed by atoms with E-state index in [1.165, 1.54) is 12.1 Å². The van der Waals surface area contributed by atoms with Crippen LogP contribution in [-0.2, 0) is 11.3 Å². The Morgan fingerprint density at radius 2 is 2.12 bits per heavy atom. The second-order valence-electron chi connectivity index (χ2n) is 5.36. The molecule has 0 saturated carbocycles. The van der Waals surface area contributed by atoms with Crippen LogP contribution in [0.4, 0.5) is 5.69 Å². The Hall–Kier alpha value is -2.87. The number of aryl methyl sites for hydroxylation is 1. The summed E-state index contributed by atoms with van der Waals surface area (Å²) in [4.78, 5) is 22.2. The lowest BCUT2D eigenvalue weighted by Crippen LogP contribution is -2.24. The van der Waals surface area contributed by atoms with Gasteiger partial charge in [0.15, 0.2) is 5.76 Å². The molecule has 0 radical (unpaired) electrons. The number of nitrogens with zero attached hydrogens (tertiary/aromatic N) is 1. The van der Waals surface area contributed by atoms with Gasteiger partial charge in [-0.3, -0.25) is 14.9 Å². The molecule has 1 aromatic carbocycles. The molecule has 1 heterocycles. The standard InChI is InChI=1S/C17H20N2O6/c1-12-10-13(4-6-15(12)19(21)22)24-11-14-5-7-16(25-14)17(20)18-8-3-9-23-2/h4-7,10H,3,8-9,11H2,1-2H3,(H,18,20). The van der Waals surface area contributed by atoms with Gasteiger partial charge < -0.3 is 19.2 Å². The fourth-order valence-corrected chi connectivity index (χ4v) is 2.16. The van der Waals surface area contributed by atoms with Crippen LogP contribution in [0.2, 0.25) is 0 Å². The molecular weight excluding hydrogens is 328 g/mol. The number of methoxy groups -OCH3 is 1. The molecule has 8 nitrogen and oxygen atoms in total.